The number of hydrogen-bond acceptors (Lipinski definition) is 11. The van der Waals surface area contributed by atoms with E-state index in [0.29, 0.717) is 23.0 Å². The molecule has 2 fully saturated rings. The van der Waals surface area contributed by atoms with E-state index in [4.69, 9.17) is 21.1 Å². The van der Waals surface area contributed by atoms with E-state index in [-0.39, 0.29) is 65.9 Å². The van der Waals surface area contributed by atoms with Gasteiger partial charge < -0.3 is 34.2 Å². The molecule has 302 valence electrons. The Kier molecular flexibility index (Phi) is 11.1. The maximum Gasteiger partial charge on any atom is 0.573 e. The molecule has 0 aliphatic carbocycles. The number of aliphatic hydroxyl groups is 1. The number of likely N-dealkylation sites (tertiary alicyclic amines) is 1. The number of rotatable bonds is 10. The van der Waals surface area contributed by atoms with Crippen molar-refractivity contribution >= 4 is 45.2 Å². The number of carbonyl (C=O) groups excluding carboxylic acids is 2. The number of aliphatic hydroxyl groups excluding tert-OH is 1. The average molecular weight is 826 g/mol. The van der Waals surface area contributed by atoms with Crippen molar-refractivity contribution in [3.8, 4) is 17.2 Å². The van der Waals surface area contributed by atoms with Crippen molar-refractivity contribution in [2.45, 2.75) is 41.9 Å². The van der Waals surface area contributed by atoms with Gasteiger partial charge in [0.2, 0.25) is 5.91 Å². The molecule has 3 heterocycles. The number of β-amino-alcohol motifs (C(OH)–C–C–N with tert-alkyl or cyclic N) is 1. The molecule has 2 N–H and O–H groups in total. The first-order chi connectivity index (χ1) is 26.3. The zero-order valence-electron chi connectivity index (χ0n) is 30.6. The van der Waals surface area contributed by atoms with Crippen molar-refractivity contribution in [1.82, 2.24) is 19.6 Å². The molecule has 0 radical (unpaired) electrons. The van der Waals surface area contributed by atoms with Gasteiger partial charge >= 0.3 is 12.5 Å². The number of amides is 3. The van der Waals surface area contributed by atoms with Crippen LogP contribution in [0, 0.1) is 0 Å². The van der Waals surface area contributed by atoms with E-state index in [1.807, 2.05) is 4.90 Å². The highest BCUT2D eigenvalue weighted by molar-refractivity contribution is 7.93. The number of alkyl halides is 3. The first-order valence-corrected chi connectivity index (χ1v) is 19.0. The molecule has 0 saturated carbocycles. The fourth-order valence-corrected chi connectivity index (χ4v) is 9.35. The minimum absolute atomic E-state index is 0.0485. The number of nitrogens with zero attached hydrogens (tertiary/aromatic N) is 5. The highest BCUT2D eigenvalue weighted by Gasteiger charge is 2.64. The summed E-state index contributed by atoms with van der Waals surface area (Å²) in [6, 6.07) is 10.2. The van der Waals surface area contributed by atoms with Crippen molar-refractivity contribution in [1.29, 1.82) is 0 Å². The van der Waals surface area contributed by atoms with Crippen molar-refractivity contribution in [2.24, 2.45) is 0 Å². The third kappa shape index (κ3) is 7.29. The lowest BCUT2D eigenvalue weighted by molar-refractivity contribution is -0.275. The van der Waals surface area contributed by atoms with E-state index >= 15 is 4.79 Å². The summed E-state index contributed by atoms with van der Waals surface area (Å²) in [5.74, 6) is -3.01. The SMILES string of the molecule is COc1ccc(S(=O)(=O)N2C(=O)C(c3cc(CN4CCN(C(=O)O)CC4)ccc3OC)(N3CC(O)CC3C(=O)N(C)C)c3cc(Cl)ccc32)c(OC(F)(F)F)c1. The van der Waals surface area contributed by atoms with Crippen molar-refractivity contribution < 1.29 is 60.4 Å². The van der Waals surface area contributed by atoms with Crippen molar-refractivity contribution in [2.75, 3.05) is 65.3 Å². The van der Waals surface area contributed by atoms with Crippen LogP contribution < -0.4 is 18.5 Å². The van der Waals surface area contributed by atoms with Crippen LogP contribution in [0.3, 0.4) is 0 Å². The number of hydrogen-bond donors (Lipinski definition) is 2. The van der Waals surface area contributed by atoms with Gasteiger partial charge in [-0.2, -0.15) is 0 Å². The fraction of sp³-hybridized carbons (Fsp3) is 0.417. The first kappa shape index (κ1) is 40.8. The molecule has 3 aromatic carbocycles. The van der Waals surface area contributed by atoms with Crippen LogP contribution in [-0.2, 0) is 31.7 Å². The Morgan fingerprint density at radius 1 is 0.964 bits per heavy atom. The monoisotopic (exact) mass is 825 g/mol. The molecule has 0 spiro atoms. The predicted molar refractivity (Wildman–Crippen MR) is 194 cm³/mol. The number of methoxy groups -OCH3 is 2. The second kappa shape index (κ2) is 15.3. The van der Waals surface area contributed by atoms with Crippen LogP contribution in [0.1, 0.15) is 23.1 Å². The van der Waals surface area contributed by atoms with Gasteiger partial charge in [0.15, 0.2) is 11.3 Å². The molecular weight excluding hydrogens is 787 g/mol. The minimum atomic E-state index is -5.35. The summed E-state index contributed by atoms with van der Waals surface area (Å²) >= 11 is 6.58. The normalized spacial score (nSPS) is 21.9. The number of carboxylic acid groups (broad SMARTS) is 1. The number of anilines is 1. The molecule has 3 atom stereocenters. The Morgan fingerprint density at radius 3 is 2.27 bits per heavy atom. The molecule has 6 rings (SSSR count). The molecule has 3 aliphatic heterocycles. The first-order valence-electron chi connectivity index (χ1n) is 17.2. The molecule has 0 bridgehead atoms. The van der Waals surface area contributed by atoms with E-state index < -0.39 is 62.6 Å². The van der Waals surface area contributed by atoms with Crippen LogP contribution in [-0.4, -0.2) is 136 Å². The standard InChI is InChI=1S/C36H39ClF3N5O10S/c1-41(2)32(47)28-17-23(46)20-44(28)35(26-15-21(5-9-29(26)54-4)19-42-11-13-43(14-12-42)34(49)50)25-16-22(37)6-8-27(25)45(33(35)48)56(51,52)31-10-7-24(53-3)18-30(31)55-36(38,39)40/h5-10,15-16,18,23,28,46H,11-14,17,19-20H2,1-4H3,(H,49,50). The Morgan fingerprint density at radius 2 is 1.66 bits per heavy atom. The van der Waals surface area contributed by atoms with E-state index in [0.717, 1.165) is 25.3 Å². The highest BCUT2D eigenvalue weighted by Crippen LogP contribution is 2.55. The summed E-state index contributed by atoms with van der Waals surface area (Å²) < 4.78 is 86.2. The predicted octanol–water partition coefficient (Wildman–Crippen LogP) is 3.55. The maximum atomic E-state index is 15.7. The summed E-state index contributed by atoms with van der Waals surface area (Å²) in [5.41, 5.74) is -2.00. The van der Waals surface area contributed by atoms with Crippen LogP contribution in [0.5, 0.6) is 17.2 Å². The van der Waals surface area contributed by atoms with Gasteiger partial charge in [0.25, 0.3) is 15.9 Å². The van der Waals surface area contributed by atoms with Gasteiger partial charge in [-0.1, -0.05) is 17.7 Å². The minimum Gasteiger partial charge on any atom is -0.497 e. The topological polar surface area (TPSA) is 170 Å². The van der Waals surface area contributed by atoms with Crippen LogP contribution in [0.25, 0.3) is 0 Å². The number of piperazine rings is 1. The second-order valence-electron chi connectivity index (χ2n) is 13.7. The van der Waals surface area contributed by atoms with Crippen LogP contribution >= 0.6 is 11.6 Å². The Balaban J connectivity index is 1.61. The van der Waals surface area contributed by atoms with Crippen molar-refractivity contribution in [3.05, 3.63) is 76.3 Å². The Bertz CT molecular complexity index is 2150. The molecular formula is C36H39ClF3N5O10S. The molecule has 20 heteroatoms. The molecule has 3 aliphatic rings. The summed E-state index contributed by atoms with van der Waals surface area (Å²) in [7, 11) is 0.132. The zero-order chi connectivity index (χ0) is 40.9. The van der Waals surface area contributed by atoms with E-state index in [1.165, 1.54) is 54.1 Å². The molecule has 3 amide bonds. The molecule has 3 unspecified atom stereocenters. The number of carbonyl (C=O) groups is 3. The largest absolute Gasteiger partial charge is 0.573 e. The lowest BCUT2D eigenvalue weighted by Crippen LogP contribution is -2.59. The van der Waals surface area contributed by atoms with Crippen LogP contribution in [0.4, 0.5) is 23.7 Å². The van der Waals surface area contributed by atoms with Crippen molar-refractivity contribution in [3.63, 3.8) is 0 Å². The molecule has 2 saturated heterocycles. The lowest BCUT2D eigenvalue weighted by Gasteiger charge is -2.42. The summed E-state index contributed by atoms with van der Waals surface area (Å²) in [6.45, 7) is 1.17. The lowest BCUT2D eigenvalue weighted by atomic mass is 9.80. The van der Waals surface area contributed by atoms with Gasteiger partial charge in [-0.25, -0.2) is 17.5 Å². The van der Waals surface area contributed by atoms with Crippen LogP contribution in [0.2, 0.25) is 5.02 Å². The summed E-state index contributed by atoms with van der Waals surface area (Å²) in [4.78, 5) is 46.0. The fourth-order valence-electron chi connectivity index (χ4n) is 7.62. The molecule has 56 heavy (non-hydrogen) atoms. The highest BCUT2D eigenvalue weighted by atomic mass is 35.5. The smallest absolute Gasteiger partial charge is 0.497 e. The number of fused-ring (bicyclic) bond motifs is 1. The summed E-state index contributed by atoms with van der Waals surface area (Å²) in [5, 5.41) is 20.6. The van der Waals surface area contributed by atoms with Crippen LogP contribution in [0.15, 0.2) is 59.5 Å². The maximum absolute atomic E-state index is 15.7. The number of likely N-dealkylation sites (N-methyl/N-ethyl adjacent to an activating group) is 1. The van der Waals surface area contributed by atoms with Gasteiger partial charge in [-0.3, -0.25) is 19.4 Å². The van der Waals surface area contributed by atoms with E-state index in [2.05, 4.69) is 4.74 Å². The Hall–Kier alpha value is -4.82. The van der Waals surface area contributed by atoms with Gasteiger partial charge in [0.1, 0.15) is 16.4 Å². The number of sulfonamides is 1. The molecule has 3 aromatic rings. The third-order valence-corrected chi connectivity index (χ3v) is 12.1. The Labute approximate surface area is 325 Å². The number of ether oxygens (including phenoxy) is 3. The molecule has 15 nitrogen and oxygen atoms in total. The number of benzene rings is 3. The third-order valence-electron chi connectivity index (χ3n) is 10.1. The second-order valence-corrected chi connectivity index (χ2v) is 15.9. The van der Waals surface area contributed by atoms with Gasteiger partial charge in [-0.05, 0) is 54.4 Å². The molecule has 0 aromatic heterocycles. The summed E-state index contributed by atoms with van der Waals surface area (Å²) in [6.07, 6.45) is -7.74. The average Bonchev–Trinajstić information content (AvgIpc) is 3.64. The van der Waals surface area contributed by atoms with Gasteiger partial charge in [0, 0.05) is 75.6 Å². The quantitative estimate of drug-likeness (QED) is 0.306. The van der Waals surface area contributed by atoms with Gasteiger partial charge in [0.05, 0.1) is 32.1 Å². The van der Waals surface area contributed by atoms with E-state index in [9.17, 15) is 41.4 Å². The van der Waals surface area contributed by atoms with E-state index in [1.54, 1.807) is 18.2 Å². The number of halogens is 4. The van der Waals surface area contributed by atoms with Gasteiger partial charge in [-0.15, -0.1) is 13.2 Å². The zero-order valence-corrected chi connectivity index (χ0v) is 32.2.